The molecule has 1 N–H and O–H groups in total. The van der Waals surface area contributed by atoms with Crippen molar-refractivity contribution in [1.29, 1.82) is 0 Å². The normalized spacial score (nSPS) is 15.5. The van der Waals surface area contributed by atoms with Crippen LogP contribution in [-0.2, 0) is 15.6 Å². The quantitative estimate of drug-likeness (QED) is 0.150. The van der Waals surface area contributed by atoms with Crippen molar-refractivity contribution in [2.45, 2.75) is 103 Å². The number of benzene rings is 1. The number of Topliss-reactive ketones (excluding diaryl/α,β-unsaturated/α-hetero) is 1. The van der Waals surface area contributed by atoms with Crippen LogP contribution in [0.15, 0.2) is 51.6 Å². The first kappa shape index (κ1) is 29.3. The summed E-state index contributed by atoms with van der Waals surface area (Å²) in [4.78, 5) is 12.5. The van der Waals surface area contributed by atoms with Gasteiger partial charge in [-0.3, -0.25) is 4.79 Å². The Balaban J connectivity index is 2.59. The van der Waals surface area contributed by atoms with Gasteiger partial charge in [-0.1, -0.05) is 90.9 Å². The van der Waals surface area contributed by atoms with E-state index in [1.807, 2.05) is 18.2 Å². The van der Waals surface area contributed by atoms with Crippen LogP contribution in [0, 0.1) is 0 Å². The van der Waals surface area contributed by atoms with E-state index >= 15 is 0 Å². The Labute approximate surface area is 211 Å². The summed E-state index contributed by atoms with van der Waals surface area (Å²) in [7, 11) is -1.95. The third-order valence-corrected chi connectivity index (χ3v) is 11.9. The van der Waals surface area contributed by atoms with Gasteiger partial charge in [-0.2, -0.15) is 0 Å². The van der Waals surface area contributed by atoms with Gasteiger partial charge in [0.05, 0.1) is 12.2 Å². The molecule has 0 saturated carbocycles. The van der Waals surface area contributed by atoms with E-state index < -0.39 is 14.4 Å². The second-order valence-electron chi connectivity index (χ2n) is 10.5. The van der Waals surface area contributed by atoms with Gasteiger partial charge in [-0.25, -0.2) is 0 Å². The van der Waals surface area contributed by atoms with Gasteiger partial charge in [0.1, 0.15) is 5.78 Å². The Kier molecular flexibility index (Phi) is 12.6. The number of hydrogen-bond acceptors (Lipinski definition) is 3. The highest BCUT2D eigenvalue weighted by molar-refractivity contribution is 14.1. The molecule has 2 atom stereocenters. The van der Waals surface area contributed by atoms with Gasteiger partial charge < -0.3 is 9.53 Å². The fourth-order valence-corrected chi connectivity index (χ4v) is 4.89. The van der Waals surface area contributed by atoms with Crippen molar-refractivity contribution >= 4 is 36.7 Å². The number of rotatable bonds is 13. The minimum absolute atomic E-state index is 0.0581. The highest BCUT2D eigenvalue weighted by Gasteiger charge is 2.39. The number of hydrogen-bond donors (Lipinski definition) is 1. The van der Waals surface area contributed by atoms with Crippen LogP contribution >= 0.6 is 22.6 Å². The van der Waals surface area contributed by atoms with Crippen LogP contribution in [0.25, 0.3) is 0 Å². The SMILES string of the molecule is C/C(=C\Cc1ccccc1)CCC(=O)CC(O)C[C@@H](C/C(C)=C/I)O[Si](C)(C)C(C)(C)C. The van der Waals surface area contributed by atoms with Gasteiger partial charge in [0.2, 0.25) is 0 Å². The summed E-state index contributed by atoms with van der Waals surface area (Å²) in [5, 5.41) is 10.8. The van der Waals surface area contributed by atoms with E-state index in [-0.39, 0.29) is 23.3 Å². The summed E-state index contributed by atoms with van der Waals surface area (Å²) < 4.78 is 8.68. The lowest BCUT2D eigenvalue weighted by atomic mass is 9.99. The van der Waals surface area contributed by atoms with Crippen LogP contribution in [-0.4, -0.2) is 31.4 Å². The maximum Gasteiger partial charge on any atom is 0.192 e. The first-order valence-electron chi connectivity index (χ1n) is 11.7. The molecule has 1 unspecified atom stereocenters. The van der Waals surface area contributed by atoms with E-state index in [4.69, 9.17) is 4.43 Å². The van der Waals surface area contributed by atoms with Crippen LogP contribution in [0.5, 0.6) is 0 Å². The minimum Gasteiger partial charge on any atom is -0.414 e. The number of allylic oxidation sites excluding steroid dienone is 2. The Bertz CT molecular complexity index is 763. The molecule has 0 radical (unpaired) electrons. The molecular weight excluding hydrogens is 527 g/mol. The zero-order chi connectivity index (χ0) is 24.4. The first-order chi connectivity index (χ1) is 14.8. The lowest BCUT2D eigenvalue weighted by Gasteiger charge is -2.40. The zero-order valence-corrected chi connectivity index (χ0v) is 24.2. The highest BCUT2D eigenvalue weighted by atomic mass is 127. The Hall–Kier alpha value is -0.763. The summed E-state index contributed by atoms with van der Waals surface area (Å²) in [5.74, 6) is 0.122. The van der Waals surface area contributed by atoms with Crippen molar-refractivity contribution in [1.82, 2.24) is 0 Å². The molecule has 0 heterocycles. The van der Waals surface area contributed by atoms with Gasteiger partial charge in [0, 0.05) is 12.8 Å². The molecule has 0 saturated heterocycles. The Morgan fingerprint density at radius 3 is 2.28 bits per heavy atom. The molecule has 32 heavy (non-hydrogen) atoms. The van der Waals surface area contributed by atoms with E-state index in [0.717, 1.165) is 19.3 Å². The predicted octanol–water partition coefficient (Wildman–Crippen LogP) is 7.79. The van der Waals surface area contributed by atoms with Crippen LogP contribution in [0.2, 0.25) is 18.1 Å². The maximum atomic E-state index is 12.5. The van der Waals surface area contributed by atoms with E-state index in [1.54, 1.807) is 0 Å². The molecule has 3 nitrogen and oxygen atoms in total. The standard InChI is InChI=1S/C27H43IO3Si/c1-21(13-15-23-11-9-8-10-12-23)14-16-24(29)18-25(30)19-26(17-22(2)20-28)31-32(6,7)27(3,4)5/h8-13,20,25-26,30H,14-19H2,1-7H3/b21-13+,22-20+/t25?,26-/m1/s1. The molecular formula is C27H43IO3Si. The number of carbonyl (C=O) groups excluding carboxylic acids is 1. The summed E-state index contributed by atoms with van der Waals surface area (Å²) in [6, 6.07) is 10.3. The smallest absolute Gasteiger partial charge is 0.192 e. The molecule has 0 fully saturated rings. The van der Waals surface area contributed by atoms with Crippen LogP contribution in [0.1, 0.15) is 72.3 Å². The van der Waals surface area contributed by atoms with Crippen molar-refractivity contribution in [3.63, 3.8) is 0 Å². The van der Waals surface area contributed by atoms with Crippen molar-refractivity contribution in [2.24, 2.45) is 0 Å². The van der Waals surface area contributed by atoms with Crippen LogP contribution in [0.4, 0.5) is 0 Å². The number of halogens is 1. The molecule has 1 aromatic rings. The van der Waals surface area contributed by atoms with Gasteiger partial charge >= 0.3 is 0 Å². The number of aliphatic hydroxyl groups excluding tert-OH is 1. The van der Waals surface area contributed by atoms with Crippen molar-refractivity contribution in [3.8, 4) is 0 Å². The molecule has 0 aromatic heterocycles. The molecule has 0 aliphatic carbocycles. The van der Waals surface area contributed by atoms with Gasteiger partial charge in [-0.15, -0.1) is 0 Å². The molecule has 0 aliphatic rings. The third kappa shape index (κ3) is 11.4. The fraction of sp³-hybridized carbons (Fsp3) is 0.593. The average Bonchev–Trinajstić information content (AvgIpc) is 2.70. The molecule has 0 amide bonds. The average molecular weight is 571 g/mol. The van der Waals surface area contributed by atoms with Gasteiger partial charge in [-0.05, 0) is 67.3 Å². The largest absolute Gasteiger partial charge is 0.414 e. The molecule has 180 valence electrons. The van der Waals surface area contributed by atoms with E-state index in [1.165, 1.54) is 16.7 Å². The second kappa shape index (κ2) is 13.8. The molecule has 1 aromatic carbocycles. The highest BCUT2D eigenvalue weighted by Crippen LogP contribution is 2.38. The van der Waals surface area contributed by atoms with Crippen LogP contribution in [0.3, 0.4) is 0 Å². The molecule has 0 aliphatic heterocycles. The second-order valence-corrected chi connectivity index (χ2v) is 15.9. The topological polar surface area (TPSA) is 46.5 Å². The van der Waals surface area contributed by atoms with Crippen molar-refractivity contribution in [2.75, 3.05) is 0 Å². The van der Waals surface area contributed by atoms with E-state index in [9.17, 15) is 9.90 Å². The minimum atomic E-state index is -1.95. The fourth-order valence-electron chi connectivity index (χ4n) is 3.27. The number of ketones is 1. The lowest BCUT2D eigenvalue weighted by Crippen LogP contribution is -2.44. The van der Waals surface area contributed by atoms with Crippen molar-refractivity contribution in [3.05, 3.63) is 57.2 Å². The lowest BCUT2D eigenvalue weighted by molar-refractivity contribution is -0.121. The first-order valence-corrected chi connectivity index (χ1v) is 15.8. The zero-order valence-electron chi connectivity index (χ0n) is 21.1. The van der Waals surface area contributed by atoms with Gasteiger partial charge in [0.15, 0.2) is 8.32 Å². The summed E-state index contributed by atoms with van der Waals surface area (Å²) >= 11 is 2.25. The molecule has 5 heteroatoms. The summed E-state index contributed by atoms with van der Waals surface area (Å²) in [5.41, 5.74) is 3.74. The molecule has 0 spiro atoms. The molecule has 0 bridgehead atoms. The Morgan fingerprint density at radius 1 is 1.09 bits per heavy atom. The van der Waals surface area contributed by atoms with Crippen molar-refractivity contribution < 1.29 is 14.3 Å². The van der Waals surface area contributed by atoms with Crippen LogP contribution < -0.4 is 0 Å². The monoisotopic (exact) mass is 570 g/mol. The van der Waals surface area contributed by atoms with Gasteiger partial charge in [0.25, 0.3) is 0 Å². The maximum absolute atomic E-state index is 12.5. The summed E-state index contributed by atoms with van der Waals surface area (Å²) in [6.07, 6.45) is 5.10. The Morgan fingerprint density at radius 2 is 1.72 bits per heavy atom. The number of aliphatic hydroxyl groups is 1. The third-order valence-electron chi connectivity index (χ3n) is 6.33. The van der Waals surface area contributed by atoms with E-state index in [2.05, 4.69) is 92.6 Å². The predicted molar refractivity (Wildman–Crippen MR) is 148 cm³/mol. The molecule has 1 rings (SSSR count). The summed E-state index contributed by atoms with van der Waals surface area (Å²) in [6.45, 7) is 15.3. The van der Waals surface area contributed by atoms with E-state index in [0.29, 0.717) is 12.8 Å². The number of carbonyl (C=O) groups is 1.